The zero-order valence-electron chi connectivity index (χ0n) is 12.0. The number of nitrogens with one attached hydrogen (secondary N) is 1. The van der Waals surface area contributed by atoms with Gasteiger partial charge in [0.15, 0.2) is 6.61 Å². The van der Waals surface area contributed by atoms with Gasteiger partial charge in [0, 0.05) is 20.2 Å². The highest BCUT2D eigenvalue weighted by Crippen LogP contribution is 2.29. The molecule has 0 unspecified atom stereocenters. The van der Waals surface area contributed by atoms with Crippen LogP contribution in [0.4, 0.5) is 4.39 Å². The van der Waals surface area contributed by atoms with E-state index in [9.17, 15) is 9.18 Å². The molecule has 1 N–H and O–H groups in total. The van der Waals surface area contributed by atoms with Crippen molar-refractivity contribution in [2.45, 2.75) is 18.8 Å². The third-order valence-electron chi connectivity index (χ3n) is 3.61. The molecule has 20 heavy (non-hydrogen) atoms. The number of carbonyl (C=O) groups is 1. The van der Waals surface area contributed by atoms with Crippen molar-refractivity contribution in [3.8, 4) is 5.75 Å². The lowest BCUT2D eigenvalue weighted by atomic mass is 9.90. The third-order valence-corrected chi connectivity index (χ3v) is 3.61. The molecule has 0 atom stereocenters. The van der Waals surface area contributed by atoms with Crippen LogP contribution in [0.15, 0.2) is 18.2 Å². The maximum absolute atomic E-state index is 14.1. The smallest absolute Gasteiger partial charge is 0.259 e. The lowest BCUT2D eigenvalue weighted by Crippen LogP contribution is -2.27. The topological polar surface area (TPSA) is 41.6 Å². The number of nitrogens with zero attached hydrogens (tertiary/aromatic N) is 1. The van der Waals surface area contributed by atoms with Crippen LogP contribution in [-0.2, 0) is 4.79 Å². The second-order valence-corrected chi connectivity index (χ2v) is 5.28. The molecule has 1 aliphatic rings. The average molecular weight is 280 g/mol. The predicted molar refractivity (Wildman–Crippen MR) is 75.4 cm³/mol. The first-order valence-electron chi connectivity index (χ1n) is 6.91. The minimum Gasteiger partial charge on any atom is -0.484 e. The number of rotatable bonds is 4. The number of benzene rings is 1. The van der Waals surface area contributed by atoms with Crippen LogP contribution in [0.2, 0.25) is 0 Å². The summed E-state index contributed by atoms with van der Waals surface area (Å²) in [5.41, 5.74) is 0.748. The Morgan fingerprint density at radius 2 is 2.10 bits per heavy atom. The molecule has 1 amide bonds. The van der Waals surface area contributed by atoms with E-state index in [1.54, 1.807) is 26.2 Å². The molecule has 2 rings (SSSR count). The summed E-state index contributed by atoms with van der Waals surface area (Å²) < 4.78 is 19.4. The highest BCUT2D eigenvalue weighted by Gasteiger charge is 2.19. The van der Waals surface area contributed by atoms with Gasteiger partial charge in [0.1, 0.15) is 11.6 Å². The maximum atomic E-state index is 14.1. The minimum absolute atomic E-state index is 0.0703. The van der Waals surface area contributed by atoms with Crippen molar-refractivity contribution in [3.63, 3.8) is 0 Å². The molecule has 1 saturated heterocycles. The van der Waals surface area contributed by atoms with Crippen LogP contribution in [0.25, 0.3) is 0 Å². The van der Waals surface area contributed by atoms with Crippen LogP contribution >= 0.6 is 0 Å². The molecule has 4 nitrogen and oxygen atoms in total. The second-order valence-electron chi connectivity index (χ2n) is 5.28. The summed E-state index contributed by atoms with van der Waals surface area (Å²) in [6, 6.07) is 4.89. The van der Waals surface area contributed by atoms with E-state index in [2.05, 4.69) is 5.32 Å². The molecule has 110 valence electrons. The molecule has 0 bridgehead atoms. The Labute approximate surface area is 118 Å². The number of hydrogen-bond acceptors (Lipinski definition) is 3. The lowest BCUT2D eigenvalue weighted by Gasteiger charge is -2.23. The van der Waals surface area contributed by atoms with E-state index in [4.69, 9.17) is 4.74 Å². The quantitative estimate of drug-likeness (QED) is 0.914. The van der Waals surface area contributed by atoms with E-state index in [1.165, 1.54) is 11.0 Å². The number of piperidine rings is 1. The molecule has 1 fully saturated rings. The van der Waals surface area contributed by atoms with E-state index in [0.29, 0.717) is 5.75 Å². The minimum atomic E-state index is -0.244. The van der Waals surface area contributed by atoms with E-state index < -0.39 is 0 Å². The molecule has 0 aliphatic carbocycles. The molecule has 0 aromatic heterocycles. The van der Waals surface area contributed by atoms with Gasteiger partial charge < -0.3 is 15.0 Å². The Kier molecular flexibility index (Phi) is 4.95. The monoisotopic (exact) mass is 280 g/mol. The summed E-state index contributed by atoms with van der Waals surface area (Å²) in [5.74, 6) is 0.281. The zero-order valence-corrected chi connectivity index (χ0v) is 12.0. The Bertz CT molecular complexity index is 471. The fourth-order valence-corrected chi connectivity index (χ4v) is 2.34. The summed E-state index contributed by atoms with van der Waals surface area (Å²) in [6.07, 6.45) is 1.91. The Hall–Kier alpha value is -1.62. The third kappa shape index (κ3) is 3.70. The Balaban J connectivity index is 2.00. The summed E-state index contributed by atoms with van der Waals surface area (Å²) in [7, 11) is 3.32. The molecule has 0 spiro atoms. The van der Waals surface area contributed by atoms with Gasteiger partial charge >= 0.3 is 0 Å². The van der Waals surface area contributed by atoms with Gasteiger partial charge in [-0.25, -0.2) is 4.39 Å². The van der Waals surface area contributed by atoms with Crippen molar-refractivity contribution in [2.75, 3.05) is 33.8 Å². The number of carbonyl (C=O) groups excluding carboxylic acids is 1. The fourth-order valence-electron chi connectivity index (χ4n) is 2.34. The lowest BCUT2D eigenvalue weighted by molar-refractivity contribution is -0.130. The van der Waals surface area contributed by atoms with Gasteiger partial charge in [-0.1, -0.05) is 6.07 Å². The van der Waals surface area contributed by atoms with Gasteiger partial charge in [-0.3, -0.25) is 4.79 Å². The number of amides is 1. The zero-order chi connectivity index (χ0) is 14.5. The molecular weight excluding hydrogens is 259 g/mol. The van der Waals surface area contributed by atoms with Gasteiger partial charge in [0.2, 0.25) is 0 Å². The van der Waals surface area contributed by atoms with Gasteiger partial charge in [-0.15, -0.1) is 0 Å². The van der Waals surface area contributed by atoms with Crippen molar-refractivity contribution < 1.29 is 13.9 Å². The molecule has 1 aliphatic heterocycles. The molecule has 1 aromatic carbocycles. The number of hydrogen-bond donors (Lipinski definition) is 1. The number of halogens is 1. The van der Waals surface area contributed by atoms with Gasteiger partial charge in [-0.05, 0) is 43.5 Å². The van der Waals surface area contributed by atoms with Crippen LogP contribution in [0.3, 0.4) is 0 Å². The first kappa shape index (κ1) is 14.8. The standard InChI is InChI=1S/C15H21FN2O2/c1-18(2)15(19)10-20-12-3-4-13(14(16)9-12)11-5-7-17-8-6-11/h3-4,9,11,17H,5-8,10H2,1-2H3. The summed E-state index contributed by atoms with van der Waals surface area (Å²) in [4.78, 5) is 12.9. The second kappa shape index (κ2) is 6.70. The van der Waals surface area contributed by atoms with Crippen molar-refractivity contribution >= 4 is 5.91 Å². The summed E-state index contributed by atoms with van der Waals surface area (Å²) in [5, 5.41) is 3.27. The normalized spacial score (nSPS) is 15.9. The molecule has 5 heteroatoms. The first-order valence-corrected chi connectivity index (χ1v) is 6.91. The highest BCUT2D eigenvalue weighted by atomic mass is 19.1. The first-order chi connectivity index (χ1) is 9.58. The Morgan fingerprint density at radius 3 is 2.70 bits per heavy atom. The van der Waals surface area contributed by atoms with E-state index >= 15 is 0 Å². The average Bonchev–Trinajstić information content (AvgIpc) is 2.45. The molecule has 1 aromatic rings. The van der Waals surface area contributed by atoms with E-state index in [0.717, 1.165) is 31.5 Å². The van der Waals surface area contributed by atoms with Crippen LogP contribution in [-0.4, -0.2) is 44.6 Å². The number of ether oxygens (including phenoxy) is 1. The van der Waals surface area contributed by atoms with Crippen molar-refractivity contribution in [1.82, 2.24) is 10.2 Å². The van der Waals surface area contributed by atoms with Crippen molar-refractivity contribution in [1.29, 1.82) is 0 Å². The Morgan fingerprint density at radius 1 is 1.40 bits per heavy atom. The van der Waals surface area contributed by atoms with E-state index in [1.807, 2.05) is 0 Å². The highest BCUT2D eigenvalue weighted by molar-refractivity contribution is 5.77. The van der Waals surface area contributed by atoms with Crippen LogP contribution in [0.5, 0.6) is 5.75 Å². The van der Waals surface area contributed by atoms with Crippen LogP contribution < -0.4 is 10.1 Å². The SMILES string of the molecule is CN(C)C(=O)COc1ccc(C2CCNCC2)c(F)c1. The van der Waals surface area contributed by atoms with Crippen LogP contribution in [0, 0.1) is 5.82 Å². The molecular formula is C15H21FN2O2. The van der Waals surface area contributed by atoms with Crippen LogP contribution in [0.1, 0.15) is 24.3 Å². The summed E-state index contributed by atoms with van der Waals surface area (Å²) >= 11 is 0. The largest absolute Gasteiger partial charge is 0.484 e. The molecule has 0 saturated carbocycles. The number of likely N-dealkylation sites (N-methyl/N-ethyl adjacent to an activating group) is 1. The van der Waals surface area contributed by atoms with E-state index in [-0.39, 0.29) is 24.2 Å². The van der Waals surface area contributed by atoms with Crippen molar-refractivity contribution in [2.24, 2.45) is 0 Å². The predicted octanol–water partition coefficient (Wildman–Crippen LogP) is 1.76. The fraction of sp³-hybridized carbons (Fsp3) is 0.533. The van der Waals surface area contributed by atoms with Gasteiger partial charge in [0.05, 0.1) is 0 Å². The van der Waals surface area contributed by atoms with Gasteiger partial charge in [0.25, 0.3) is 5.91 Å². The molecule has 1 heterocycles. The maximum Gasteiger partial charge on any atom is 0.259 e. The summed E-state index contributed by atoms with van der Waals surface area (Å²) in [6.45, 7) is 1.79. The van der Waals surface area contributed by atoms with Gasteiger partial charge in [-0.2, -0.15) is 0 Å². The van der Waals surface area contributed by atoms with Crippen molar-refractivity contribution in [3.05, 3.63) is 29.6 Å². The molecule has 0 radical (unpaired) electrons.